The first-order valence-corrected chi connectivity index (χ1v) is 7.55. The third-order valence-electron chi connectivity index (χ3n) is 3.78. The Morgan fingerprint density at radius 1 is 1.14 bits per heavy atom. The van der Waals surface area contributed by atoms with Gasteiger partial charge >= 0.3 is 0 Å². The predicted molar refractivity (Wildman–Crippen MR) is 86.8 cm³/mol. The minimum atomic E-state index is -0.364. The van der Waals surface area contributed by atoms with E-state index in [2.05, 4.69) is 13.8 Å². The first-order valence-electron chi connectivity index (χ1n) is 7.55. The maximum absolute atomic E-state index is 14.1. The van der Waals surface area contributed by atoms with E-state index in [0.29, 0.717) is 18.1 Å². The van der Waals surface area contributed by atoms with Gasteiger partial charge in [-0.2, -0.15) is 0 Å². The zero-order chi connectivity index (χ0) is 16.1. The summed E-state index contributed by atoms with van der Waals surface area (Å²) < 4.78 is 19.6. The van der Waals surface area contributed by atoms with Gasteiger partial charge in [0.15, 0.2) is 17.3 Å². The maximum atomic E-state index is 14.1. The molecule has 116 valence electrons. The first-order chi connectivity index (χ1) is 10.5. The highest BCUT2D eigenvalue weighted by Gasteiger charge is 2.08. The van der Waals surface area contributed by atoms with Crippen molar-refractivity contribution in [2.75, 3.05) is 6.61 Å². The van der Waals surface area contributed by atoms with Gasteiger partial charge in [0.2, 0.25) is 0 Å². The van der Waals surface area contributed by atoms with Crippen molar-refractivity contribution in [1.82, 2.24) is 0 Å². The van der Waals surface area contributed by atoms with Crippen LogP contribution in [0.2, 0.25) is 0 Å². The topological polar surface area (TPSA) is 26.3 Å². The molecule has 0 spiro atoms. The van der Waals surface area contributed by atoms with Gasteiger partial charge in [0.25, 0.3) is 0 Å². The Labute approximate surface area is 130 Å². The van der Waals surface area contributed by atoms with Gasteiger partial charge in [-0.25, -0.2) is 4.39 Å². The number of hydrogen-bond donors (Lipinski definition) is 0. The van der Waals surface area contributed by atoms with Crippen LogP contribution in [0.5, 0.6) is 5.75 Å². The van der Waals surface area contributed by atoms with Gasteiger partial charge < -0.3 is 4.74 Å². The molecule has 0 aromatic heterocycles. The van der Waals surface area contributed by atoms with Crippen molar-refractivity contribution in [3.63, 3.8) is 0 Å². The molecule has 0 amide bonds. The van der Waals surface area contributed by atoms with Crippen LogP contribution in [0.4, 0.5) is 4.39 Å². The van der Waals surface area contributed by atoms with Crippen LogP contribution >= 0.6 is 0 Å². The summed E-state index contributed by atoms with van der Waals surface area (Å²) in [5.41, 5.74) is 2.29. The Kier molecular flexibility index (Phi) is 5.31. The van der Waals surface area contributed by atoms with E-state index < -0.39 is 0 Å². The summed E-state index contributed by atoms with van der Waals surface area (Å²) in [5.74, 6) is 0.338. The zero-order valence-corrected chi connectivity index (χ0v) is 13.2. The van der Waals surface area contributed by atoms with Crippen LogP contribution < -0.4 is 4.74 Å². The predicted octanol–water partition coefficient (Wildman–Crippen LogP) is 5.12. The summed E-state index contributed by atoms with van der Waals surface area (Å²) in [7, 11) is 0. The second-order valence-corrected chi connectivity index (χ2v) is 5.60. The number of Topliss-reactive ketones (excluding diaryl/α,β-unsaturated/α-hetero) is 1. The van der Waals surface area contributed by atoms with E-state index in [1.165, 1.54) is 13.0 Å². The molecule has 0 heterocycles. The molecule has 2 aromatic rings. The fraction of sp³-hybridized carbons (Fsp3) is 0.316. The van der Waals surface area contributed by atoms with Crippen molar-refractivity contribution in [3.05, 3.63) is 53.8 Å². The number of hydrogen-bond acceptors (Lipinski definition) is 2. The number of rotatable bonds is 6. The average Bonchev–Trinajstić information content (AvgIpc) is 2.53. The van der Waals surface area contributed by atoms with Crippen LogP contribution in [-0.2, 0) is 0 Å². The van der Waals surface area contributed by atoms with Crippen molar-refractivity contribution < 1.29 is 13.9 Å². The van der Waals surface area contributed by atoms with Gasteiger partial charge in [-0.1, -0.05) is 50.6 Å². The maximum Gasteiger partial charge on any atom is 0.165 e. The summed E-state index contributed by atoms with van der Waals surface area (Å²) in [4.78, 5) is 11.3. The molecular weight excluding hydrogens is 279 g/mol. The minimum absolute atomic E-state index is 0.0199. The van der Waals surface area contributed by atoms with Crippen LogP contribution in [0.1, 0.15) is 37.6 Å². The lowest BCUT2D eigenvalue weighted by molar-refractivity contribution is 0.101. The summed E-state index contributed by atoms with van der Waals surface area (Å²) in [6.07, 6.45) is 1.00. The third-order valence-corrected chi connectivity index (χ3v) is 3.78. The lowest BCUT2D eigenvalue weighted by Gasteiger charge is -2.12. The van der Waals surface area contributed by atoms with E-state index in [1.807, 2.05) is 18.2 Å². The van der Waals surface area contributed by atoms with Gasteiger partial charge in [0.05, 0.1) is 6.61 Å². The van der Waals surface area contributed by atoms with E-state index in [-0.39, 0.29) is 17.3 Å². The third kappa shape index (κ3) is 3.94. The summed E-state index contributed by atoms with van der Waals surface area (Å²) in [6.45, 7) is 6.19. The fourth-order valence-corrected chi connectivity index (χ4v) is 2.04. The van der Waals surface area contributed by atoms with Gasteiger partial charge in [0.1, 0.15) is 0 Å². The minimum Gasteiger partial charge on any atom is -0.490 e. The average molecular weight is 300 g/mol. The molecule has 22 heavy (non-hydrogen) atoms. The Morgan fingerprint density at radius 2 is 1.77 bits per heavy atom. The summed E-state index contributed by atoms with van der Waals surface area (Å²) in [6, 6.07) is 12.1. The van der Waals surface area contributed by atoms with Crippen molar-refractivity contribution >= 4 is 5.78 Å². The molecule has 0 aliphatic rings. The second kappa shape index (κ2) is 7.21. The molecule has 0 bridgehead atoms. The normalized spacial score (nSPS) is 12.0. The largest absolute Gasteiger partial charge is 0.490 e. The number of ketones is 1. The van der Waals surface area contributed by atoms with E-state index in [1.54, 1.807) is 18.2 Å². The van der Waals surface area contributed by atoms with Gasteiger partial charge in [-0.15, -0.1) is 0 Å². The molecule has 0 aliphatic heterocycles. The number of benzene rings is 2. The highest BCUT2D eigenvalue weighted by Crippen LogP contribution is 2.26. The van der Waals surface area contributed by atoms with Crippen molar-refractivity contribution in [1.29, 1.82) is 0 Å². The molecule has 2 nitrogen and oxygen atoms in total. The van der Waals surface area contributed by atoms with Crippen molar-refractivity contribution in [2.45, 2.75) is 27.2 Å². The molecule has 2 rings (SSSR count). The SMILES string of the molecule is CC[C@H](C)COc1ccc(-c2ccc(C(C)=O)cc2)cc1F. The monoisotopic (exact) mass is 300 g/mol. The molecule has 0 radical (unpaired) electrons. The van der Waals surface area contributed by atoms with E-state index >= 15 is 0 Å². The smallest absolute Gasteiger partial charge is 0.165 e. The molecule has 0 saturated heterocycles. The lowest BCUT2D eigenvalue weighted by Crippen LogP contribution is -2.08. The highest BCUT2D eigenvalue weighted by atomic mass is 19.1. The molecule has 1 atom stereocenters. The standard InChI is InChI=1S/C19H21FO2/c1-4-13(2)12-22-19-10-9-17(11-18(19)20)16-7-5-15(6-8-16)14(3)21/h5-11,13H,4,12H2,1-3H3/t13-/m0/s1. The van der Waals surface area contributed by atoms with Crippen LogP contribution in [0.25, 0.3) is 11.1 Å². The molecule has 0 fully saturated rings. The Balaban J connectivity index is 2.16. The van der Waals surface area contributed by atoms with Crippen molar-refractivity contribution in [2.24, 2.45) is 5.92 Å². The number of ether oxygens (including phenoxy) is 1. The molecule has 0 N–H and O–H groups in total. The first kappa shape index (κ1) is 16.2. The summed E-state index contributed by atoms with van der Waals surface area (Å²) in [5, 5.41) is 0. The second-order valence-electron chi connectivity index (χ2n) is 5.60. The van der Waals surface area contributed by atoms with Crippen molar-refractivity contribution in [3.8, 4) is 16.9 Å². The van der Waals surface area contributed by atoms with Crippen LogP contribution in [0.15, 0.2) is 42.5 Å². The van der Waals surface area contributed by atoms with E-state index in [9.17, 15) is 9.18 Å². The molecule has 0 saturated carbocycles. The highest BCUT2D eigenvalue weighted by molar-refractivity contribution is 5.94. The lowest BCUT2D eigenvalue weighted by atomic mass is 10.0. The Bertz CT molecular complexity index is 647. The number of halogens is 1. The molecule has 3 heteroatoms. The molecule has 0 aliphatic carbocycles. The molecule has 0 unspecified atom stereocenters. The molecule has 2 aromatic carbocycles. The van der Waals surface area contributed by atoms with Gasteiger partial charge in [-0.05, 0) is 36.1 Å². The van der Waals surface area contributed by atoms with E-state index in [4.69, 9.17) is 4.74 Å². The summed E-state index contributed by atoms with van der Waals surface area (Å²) >= 11 is 0. The fourth-order valence-electron chi connectivity index (χ4n) is 2.04. The van der Waals surface area contributed by atoms with Crippen LogP contribution in [0.3, 0.4) is 0 Å². The number of carbonyl (C=O) groups excluding carboxylic acids is 1. The Morgan fingerprint density at radius 3 is 2.32 bits per heavy atom. The van der Waals surface area contributed by atoms with Crippen LogP contribution in [-0.4, -0.2) is 12.4 Å². The van der Waals surface area contributed by atoms with Crippen LogP contribution in [0, 0.1) is 11.7 Å². The van der Waals surface area contributed by atoms with Gasteiger partial charge in [-0.3, -0.25) is 4.79 Å². The quantitative estimate of drug-likeness (QED) is 0.692. The number of carbonyl (C=O) groups is 1. The Hall–Kier alpha value is -2.16. The van der Waals surface area contributed by atoms with E-state index in [0.717, 1.165) is 17.5 Å². The molecular formula is C19H21FO2. The van der Waals surface area contributed by atoms with Gasteiger partial charge in [0, 0.05) is 5.56 Å². The zero-order valence-electron chi connectivity index (χ0n) is 13.2.